The first kappa shape index (κ1) is 20.4. The molecule has 1 amide bonds. The molecule has 30 heavy (non-hydrogen) atoms. The molecule has 3 aromatic heterocycles. The van der Waals surface area contributed by atoms with E-state index < -0.39 is 0 Å². The van der Waals surface area contributed by atoms with E-state index in [-0.39, 0.29) is 5.91 Å². The van der Waals surface area contributed by atoms with Gasteiger partial charge in [-0.25, -0.2) is 15.0 Å². The minimum atomic E-state index is -0.0678. The molecule has 0 radical (unpaired) electrons. The summed E-state index contributed by atoms with van der Waals surface area (Å²) in [6.07, 6.45) is 1.90. The van der Waals surface area contributed by atoms with E-state index in [2.05, 4.69) is 63.7 Å². The van der Waals surface area contributed by atoms with E-state index in [0.717, 1.165) is 37.7 Å². The molecule has 0 atom stereocenters. The molecule has 154 valence electrons. The van der Waals surface area contributed by atoms with Gasteiger partial charge in [0, 0.05) is 28.3 Å². The Kier molecular flexibility index (Phi) is 5.78. The zero-order valence-corrected chi connectivity index (χ0v) is 19.0. The second-order valence-electron chi connectivity index (χ2n) is 7.19. The van der Waals surface area contributed by atoms with Gasteiger partial charge >= 0.3 is 0 Å². The number of thiazole rings is 1. The first-order valence-electron chi connectivity index (χ1n) is 9.71. The summed E-state index contributed by atoms with van der Waals surface area (Å²) in [6, 6.07) is 8.49. The number of nitrogens with zero attached hydrogens (tertiary/aromatic N) is 3. The number of nitrogens with one attached hydrogen (secondary N) is 2. The molecule has 8 heteroatoms. The Bertz CT molecular complexity index is 1190. The van der Waals surface area contributed by atoms with Crippen molar-refractivity contribution >= 4 is 49.7 Å². The highest BCUT2D eigenvalue weighted by atomic mass is 32.1. The van der Waals surface area contributed by atoms with Gasteiger partial charge in [0.05, 0.1) is 11.1 Å². The maximum atomic E-state index is 12.3. The molecule has 0 aliphatic carbocycles. The summed E-state index contributed by atoms with van der Waals surface area (Å²) in [5.41, 5.74) is 4.47. The molecule has 0 saturated carbocycles. The normalized spacial score (nSPS) is 11.1. The third-order valence-corrected chi connectivity index (χ3v) is 6.93. The smallest absolute Gasteiger partial charge is 0.227 e. The monoisotopic (exact) mass is 437 g/mol. The summed E-state index contributed by atoms with van der Waals surface area (Å²) in [5.74, 6) is 0.690. The van der Waals surface area contributed by atoms with E-state index in [1.807, 2.05) is 13.8 Å². The van der Waals surface area contributed by atoms with E-state index in [9.17, 15) is 4.79 Å². The molecule has 1 aromatic carbocycles. The molecule has 2 N–H and O–H groups in total. The Morgan fingerprint density at radius 1 is 1.00 bits per heavy atom. The van der Waals surface area contributed by atoms with Crippen LogP contribution in [0.15, 0.2) is 30.6 Å². The standard InChI is InChI=1S/C22H23N5OS2/c1-12-5-7-16(8-6-12)18-15(4)29-21-19(18)20(24-11-25-21)23-10-9-17(28)27-22-26-13(2)14(3)30-22/h5-8,11H,9-10H2,1-4H3,(H,23,24,25)(H,26,27,28). The second-order valence-corrected chi connectivity index (χ2v) is 9.59. The van der Waals surface area contributed by atoms with Crippen molar-refractivity contribution in [2.24, 2.45) is 0 Å². The van der Waals surface area contributed by atoms with Gasteiger partial charge in [-0.3, -0.25) is 4.79 Å². The average molecular weight is 438 g/mol. The summed E-state index contributed by atoms with van der Waals surface area (Å²) < 4.78 is 0. The summed E-state index contributed by atoms with van der Waals surface area (Å²) in [7, 11) is 0. The quantitative estimate of drug-likeness (QED) is 0.417. The zero-order chi connectivity index (χ0) is 21.3. The Hall–Kier alpha value is -2.84. The Balaban J connectivity index is 1.51. The summed E-state index contributed by atoms with van der Waals surface area (Å²) in [5, 5.41) is 7.86. The van der Waals surface area contributed by atoms with Crippen LogP contribution in [-0.2, 0) is 4.79 Å². The van der Waals surface area contributed by atoms with Crippen LogP contribution in [0.2, 0.25) is 0 Å². The van der Waals surface area contributed by atoms with Gasteiger partial charge in [0.25, 0.3) is 0 Å². The molecular weight excluding hydrogens is 414 g/mol. The maximum Gasteiger partial charge on any atom is 0.227 e. The molecule has 0 aliphatic heterocycles. The maximum absolute atomic E-state index is 12.3. The van der Waals surface area contributed by atoms with Crippen molar-refractivity contribution in [1.82, 2.24) is 15.0 Å². The van der Waals surface area contributed by atoms with Crippen LogP contribution in [-0.4, -0.2) is 27.4 Å². The van der Waals surface area contributed by atoms with Crippen LogP contribution in [0, 0.1) is 27.7 Å². The molecule has 3 heterocycles. The van der Waals surface area contributed by atoms with Gasteiger partial charge in [-0.2, -0.15) is 0 Å². The first-order chi connectivity index (χ1) is 14.4. The van der Waals surface area contributed by atoms with E-state index >= 15 is 0 Å². The lowest BCUT2D eigenvalue weighted by Gasteiger charge is -2.09. The van der Waals surface area contributed by atoms with Crippen LogP contribution < -0.4 is 10.6 Å². The Labute approximate surface area is 183 Å². The predicted molar refractivity (Wildman–Crippen MR) is 126 cm³/mol. The molecule has 0 saturated heterocycles. The second kappa shape index (κ2) is 8.49. The minimum absolute atomic E-state index is 0.0678. The van der Waals surface area contributed by atoms with Gasteiger partial charge in [0.1, 0.15) is 17.0 Å². The number of amides is 1. The van der Waals surface area contributed by atoms with E-state index in [0.29, 0.717) is 18.1 Å². The van der Waals surface area contributed by atoms with Crippen molar-refractivity contribution in [2.75, 3.05) is 17.2 Å². The van der Waals surface area contributed by atoms with Crippen LogP contribution in [0.5, 0.6) is 0 Å². The highest BCUT2D eigenvalue weighted by molar-refractivity contribution is 7.19. The fourth-order valence-electron chi connectivity index (χ4n) is 3.25. The number of fused-ring (bicyclic) bond motifs is 1. The van der Waals surface area contributed by atoms with Gasteiger partial charge < -0.3 is 10.6 Å². The lowest BCUT2D eigenvalue weighted by molar-refractivity contribution is -0.115. The lowest BCUT2D eigenvalue weighted by Crippen LogP contribution is -2.16. The summed E-state index contributed by atoms with van der Waals surface area (Å²) in [6.45, 7) is 8.61. The third kappa shape index (κ3) is 4.20. The van der Waals surface area contributed by atoms with Crippen molar-refractivity contribution < 1.29 is 4.79 Å². The van der Waals surface area contributed by atoms with Crippen molar-refractivity contribution in [1.29, 1.82) is 0 Å². The average Bonchev–Trinajstić information content (AvgIpc) is 3.20. The molecule has 0 aliphatic rings. The van der Waals surface area contributed by atoms with Crippen LogP contribution in [0.25, 0.3) is 21.3 Å². The molecule has 6 nitrogen and oxygen atoms in total. The van der Waals surface area contributed by atoms with Crippen LogP contribution in [0.1, 0.15) is 27.4 Å². The van der Waals surface area contributed by atoms with Gasteiger partial charge in [0.15, 0.2) is 5.13 Å². The van der Waals surface area contributed by atoms with Gasteiger partial charge in [-0.1, -0.05) is 29.8 Å². The summed E-state index contributed by atoms with van der Waals surface area (Å²) >= 11 is 3.15. The number of benzene rings is 1. The van der Waals surface area contributed by atoms with Crippen molar-refractivity contribution in [2.45, 2.75) is 34.1 Å². The topological polar surface area (TPSA) is 79.8 Å². The number of hydrogen-bond acceptors (Lipinski definition) is 7. The highest BCUT2D eigenvalue weighted by Crippen LogP contribution is 2.40. The highest BCUT2D eigenvalue weighted by Gasteiger charge is 2.17. The lowest BCUT2D eigenvalue weighted by atomic mass is 10.0. The number of anilines is 2. The molecule has 4 rings (SSSR count). The summed E-state index contributed by atoms with van der Waals surface area (Å²) in [4.78, 5) is 28.8. The van der Waals surface area contributed by atoms with E-state index in [4.69, 9.17) is 0 Å². The van der Waals surface area contributed by atoms with Gasteiger partial charge in [-0.05, 0) is 33.3 Å². The van der Waals surface area contributed by atoms with Crippen LogP contribution in [0.4, 0.5) is 10.9 Å². The Morgan fingerprint density at radius 2 is 1.77 bits per heavy atom. The number of aromatic nitrogens is 3. The number of hydrogen-bond donors (Lipinski definition) is 2. The van der Waals surface area contributed by atoms with Crippen molar-refractivity contribution in [3.05, 3.63) is 51.6 Å². The van der Waals surface area contributed by atoms with E-state index in [1.54, 1.807) is 17.7 Å². The minimum Gasteiger partial charge on any atom is -0.369 e. The molecule has 0 spiro atoms. The fourth-order valence-corrected chi connectivity index (χ4v) is 5.09. The number of thiophene rings is 1. The van der Waals surface area contributed by atoms with Gasteiger partial charge in [-0.15, -0.1) is 22.7 Å². The Morgan fingerprint density at radius 3 is 2.47 bits per heavy atom. The predicted octanol–water partition coefficient (Wildman–Crippen LogP) is 5.49. The number of carbonyl (C=O) groups excluding carboxylic acids is 1. The molecule has 0 bridgehead atoms. The molecule has 0 unspecified atom stereocenters. The fraction of sp³-hybridized carbons (Fsp3) is 0.273. The SMILES string of the molecule is Cc1ccc(-c2c(C)sc3ncnc(NCCC(=O)Nc4nc(C)c(C)s4)c23)cc1. The zero-order valence-electron chi connectivity index (χ0n) is 17.4. The van der Waals surface area contributed by atoms with E-state index in [1.165, 1.54) is 21.8 Å². The number of aryl methyl sites for hydroxylation is 4. The largest absolute Gasteiger partial charge is 0.369 e. The van der Waals surface area contributed by atoms with Crippen molar-refractivity contribution in [3.8, 4) is 11.1 Å². The van der Waals surface area contributed by atoms with Crippen LogP contribution in [0.3, 0.4) is 0 Å². The van der Waals surface area contributed by atoms with Crippen LogP contribution >= 0.6 is 22.7 Å². The first-order valence-corrected chi connectivity index (χ1v) is 11.3. The molecular formula is C22H23N5OS2. The van der Waals surface area contributed by atoms with Gasteiger partial charge in [0.2, 0.25) is 5.91 Å². The van der Waals surface area contributed by atoms with Crippen molar-refractivity contribution in [3.63, 3.8) is 0 Å². The number of rotatable bonds is 6. The molecule has 0 fully saturated rings. The third-order valence-electron chi connectivity index (χ3n) is 4.92. The molecule has 4 aromatic rings. The number of carbonyl (C=O) groups is 1.